The SMILES string of the molecule is O=C1CC2C=CCN=C2O1. The molecule has 0 radical (unpaired) electrons. The number of fused-ring (bicyclic) bond motifs is 1. The molecule has 0 aliphatic carbocycles. The molecule has 1 unspecified atom stereocenters. The molecule has 1 saturated heterocycles. The highest BCUT2D eigenvalue weighted by Gasteiger charge is 2.30. The minimum absolute atomic E-state index is 0.140. The zero-order chi connectivity index (χ0) is 6.97. The fraction of sp³-hybridized carbons (Fsp3) is 0.429. The van der Waals surface area contributed by atoms with Gasteiger partial charge in [0.2, 0.25) is 5.90 Å². The molecule has 3 heteroatoms. The third-order valence-corrected chi connectivity index (χ3v) is 1.64. The van der Waals surface area contributed by atoms with Crippen molar-refractivity contribution >= 4 is 11.9 Å². The molecule has 0 spiro atoms. The van der Waals surface area contributed by atoms with Crippen molar-refractivity contribution in [1.29, 1.82) is 0 Å². The first-order valence-electron chi connectivity index (χ1n) is 3.28. The number of rotatable bonds is 0. The van der Waals surface area contributed by atoms with Gasteiger partial charge in [0.1, 0.15) is 0 Å². The molecule has 3 nitrogen and oxygen atoms in total. The number of aliphatic imine (C=N–C) groups is 1. The van der Waals surface area contributed by atoms with Crippen LogP contribution in [0.2, 0.25) is 0 Å². The molecule has 10 heavy (non-hydrogen) atoms. The highest BCUT2D eigenvalue weighted by atomic mass is 16.5. The lowest BCUT2D eigenvalue weighted by Crippen LogP contribution is -2.09. The van der Waals surface area contributed by atoms with Gasteiger partial charge >= 0.3 is 5.97 Å². The van der Waals surface area contributed by atoms with Crippen molar-refractivity contribution in [2.75, 3.05) is 6.54 Å². The van der Waals surface area contributed by atoms with Gasteiger partial charge in [-0.25, -0.2) is 0 Å². The lowest BCUT2D eigenvalue weighted by Gasteiger charge is -2.04. The van der Waals surface area contributed by atoms with Gasteiger partial charge in [0.15, 0.2) is 0 Å². The molecule has 1 atom stereocenters. The molecular formula is C7H7NO2. The summed E-state index contributed by atoms with van der Waals surface area (Å²) in [6, 6.07) is 0. The maximum absolute atomic E-state index is 10.7. The number of hydrogen-bond acceptors (Lipinski definition) is 3. The van der Waals surface area contributed by atoms with Crippen molar-refractivity contribution in [2.45, 2.75) is 6.42 Å². The highest BCUT2D eigenvalue weighted by molar-refractivity contribution is 5.99. The van der Waals surface area contributed by atoms with E-state index in [1.165, 1.54) is 0 Å². The molecule has 0 N–H and O–H groups in total. The number of carbonyl (C=O) groups excluding carboxylic acids is 1. The molecule has 0 amide bonds. The second-order valence-electron chi connectivity index (χ2n) is 2.39. The van der Waals surface area contributed by atoms with Gasteiger partial charge < -0.3 is 4.74 Å². The van der Waals surface area contributed by atoms with E-state index in [2.05, 4.69) is 4.99 Å². The van der Waals surface area contributed by atoms with E-state index < -0.39 is 0 Å². The molecule has 0 aromatic carbocycles. The monoisotopic (exact) mass is 137 g/mol. The van der Waals surface area contributed by atoms with Gasteiger partial charge in [-0.05, 0) is 0 Å². The van der Waals surface area contributed by atoms with Crippen LogP contribution in [0.3, 0.4) is 0 Å². The van der Waals surface area contributed by atoms with Gasteiger partial charge in [-0.1, -0.05) is 12.2 Å². The number of nitrogens with zero attached hydrogens (tertiary/aromatic N) is 1. The summed E-state index contributed by atoms with van der Waals surface area (Å²) in [7, 11) is 0. The van der Waals surface area contributed by atoms with E-state index in [-0.39, 0.29) is 11.9 Å². The summed E-state index contributed by atoms with van der Waals surface area (Å²) in [6.45, 7) is 0.652. The van der Waals surface area contributed by atoms with Gasteiger partial charge in [-0.15, -0.1) is 0 Å². The fourth-order valence-electron chi connectivity index (χ4n) is 1.17. The first-order chi connectivity index (χ1) is 4.86. The fourth-order valence-corrected chi connectivity index (χ4v) is 1.17. The number of hydrogen-bond donors (Lipinski definition) is 0. The van der Waals surface area contributed by atoms with Crippen LogP contribution < -0.4 is 0 Å². The number of dihydropyridines is 1. The summed E-state index contributed by atoms with van der Waals surface area (Å²) in [6.07, 6.45) is 4.40. The molecule has 2 aliphatic rings. The molecule has 0 bridgehead atoms. The third kappa shape index (κ3) is 0.744. The molecule has 0 aromatic rings. The van der Waals surface area contributed by atoms with Crippen LogP contribution in [0.1, 0.15) is 6.42 Å². The quantitative estimate of drug-likeness (QED) is 0.360. The maximum atomic E-state index is 10.7. The van der Waals surface area contributed by atoms with Gasteiger partial charge in [-0.3, -0.25) is 9.79 Å². The minimum atomic E-state index is -0.157. The van der Waals surface area contributed by atoms with Crippen LogP contribution in [0.4, 0.5) is 0 Å². The summed E-state index contributed by atoms with van der Waals surface area (Å²) in [5.74, 6) is 0.587. The first kappa shape index (κ1) is 5.65. The van der Waals surface area contributed by atoms with E-state index in [0.717, 1.165) is 0 Å². The molecule has 1 fully saturated rings. The maximum Gasteiger partial charge on any atom is 0.313 e. The van der Waals surface area contributed by atoms with Crippen LogP contribution in [0.25, 0.3) is 0 Å². The van der Waals surface area contributed by atoms with E-state index in [4.69, 9.17) is 4.74 Å². The average Bonchev–Trinajstić information content (AvgIpc) is 2.27. The largest absolute Gasteiger partial charge is 0.411 e. The third-order valence-electron chi connectivity index (χ3n) is 1.64. The Labute approximate surface area is 58.4 Å². The highest BCUT2D eigenvalue weighted by Crippen LogP contribution is 2.20. The Kier molecular flexibility index (Phi) is 1.09. The Morgan fingerprint density at radius 1 is 1.70 bits per heavy atom. The van der Waals surface area contributed by atoms with Crippen molar-refractivity contribution < 1.29 is 9.53 Å². The van der Waals surface area contributed by atoms with Crippen LogP contribution in [0, 0.1) is 5.92 Å². The van der Waals surface area contributed by atoms with Crippen LogP contribution in [0.15, 0.2) is 17.1 Å². The van der Waals surface area contributed by atoms with Crippen molar-refractivity contribution in [3.8, 4) is 0 Å². The Bertz CT molecular complexity index is 230. The molecular weight excluding hydrogens is 130 g/mol. The van der Waals surface area contributed by atoms with Crippen LogP contribution in [-0.2, 0) is 9.53 Å². The van der Waals surface area contributed by atoms with Gasteiger partial charge in [-0.2, -0.15) is 0 Å². The van der Waals surface area contributed by atoms with E-state index in [1.54, 1.807) is 0 Å². The van der Waals surface area contributed by atoms with Gasteiger partial charge in [0, 0.05) is 0 Å². The minimum Gasteiger partial charge on any atom is -0.411 e. The second kappa shape index (κ2) is 1.94. The van der Waals surface area contributed by atoms with E-state index >= 15 is 0 Å². The first-order valence-corrected chi connectivity index (χ1v) is 3.28. The van der Waals surface area contributed by atoms with Crippen LogP contribution in [0.5, 0.6) is 0 Å². The standard InChI is InChI=1S/C7H7NO2/c9-6-4-5-2-1-3-8-7(5)10-6/h1-2,5H,3-4H2. The normalized spacial score (nSPS) is 29.4. The molecule has 0 saturated carbocycles. The van der Waals surface area contributed by atoms with Crippen molar-refractivity contribution in [1.82, 2.24) is 0 Å². The van der Waals surface area contributed by atoms with Gasteiger partial charge in [0.25, 0.3) is 0 Å². The predicted molar refractivity (Wildman–Crippen MR) is 35.6 cm³/mol. The number of carbonyl (C=O) groups is 1. The average molecular weight is 137 g/mol. The summed E-state index contributed by atoms with van der Waals surface area (Å²) in [5.41, 5.74) is 0. The van der Waals surface area contributed by atoms with E-state index in [9.17, 15) is 4.79 Å². The Hall–Kier alpha value is -1.12. The van der Waals surface area contributed by atoms with Gasteiger partial charge in [0.05, 0.1) is 18.9 Å². The Balaban J connectivity index is 2.26. The Morgan fingerprint density at radius 2 is 2.60 bits per heavy atom. The van der Waals surface area contributed by atoms with E-state index in [1.807, 2.05) is 12.2 Å². The van der Waals surface area contributed by atoms with Crippen LogP contribution >= 0.6 is 0 Å². The van der Waals surface area contributed by atoms with Crippen molar-refractivity contribution in [3.63, 3.8) is 0 Å². The lowest BCUT2D eigenvalue weighted by atomic mass is 10.1. The zero-order valence-electron chi connectivity index (χ0n) is 5.41. The summed E-state index contributed by atoms with van der Waals surface area (Å²) >= 11 is 0. The predicted octanol–water partition coefficient (Wildman–Crippen LogP) is 0.518. The summed E-state index contributed by atoms with van der Waals surface area (Å²) in [5, 5.41) is 0. The summed E-state index contributed by atoms with van der Waals surface area (Å²) < 4.78 is 4.83. The van der Waals surface area contributed by atoms with E-state index in [0.29, 0.717) is 18.9 Å². The number of ether oxygens (including phenoxy) is 1. The lowest BCUT2D eigenvalue weighted by molar-refractivity contribution is -0.133. The van der Waals surface area contributed by atoms with Crippen LogP contribution in [-0.4, -0.2) is 18.4 Å². The van der Waals surface area contributed by atoms with Crippen molar-refractivity contribution in [2.24, 2.45) is 10.9 Å². The molecule has 52 valence electrons. The smallest absolute Gasteiger partial charge is 0.313 e. The summed E-state index contributed by atoms with van der Waals surface area (Å²) in [4.78, 5) is 14.7. The van der Waals surface area contributed by atoms with Crippen molar-refractivity contribution in [3.05, 3.63) is 12.2 Å². The molecule has 0 aromatic heterocycles. The Morgan fingerprint density at radius 3 is 3.40 bits per heavy atom. The molecule has 2 aliphatic heterocycles. The topological polar surface area (TPSA) is 38.7 Å². The second-order valence-corrected chi connectivity index (χ2v) is 2.39. The molecule has 2 heterocycles. The zero-order valence-corrected chi connectivity index (χ0v) is 5.41. The molecule has 2 rings (SSSR count). The number of esters is 1.